The Hall–Kier alpha value is -1.62. The molecule has 4 nitrogen and oxygen atoms in total. The summed E-state index contributed by atoms with van der Waals surface area (Å²) >= 11 is 3.56. The fourth-order valence-corrected chi connectivity index (χ4v) is 2.28. The molecule has 21 heavy (non-hydrogen) atoms. The van der Waals surface area contributed by atoms with Crippen LogP contribution in [0.3, 0.4) is 0 Å². The molecule has 0 aliphatic carbocycles. The lowest BCUT2D eigenvalue weighted by Gasteiger charge is -2.12. The first-order chi connectivity index (χ1) is 10.1. The van der Waals surface area contributed by atoms with Gasteiger partial charge in [0.1, 0.15) is 17.5 Å². The first-order valence-corrected chi connectivity index (χ1v) is 8.06. The number of anilines is 3. The molecule has 0 bridgehead atoms. The average molecular weight is 349 g/mol. The highest BCUT2D eigenvalue weighted by Crippen LogP contribution is 2.27. The molecular weight excluding hydrogens is 328 g/mol. The van der Waals surface area contributed by atoms with Crippen LogP contribution in [0.4, 0.5) is 17.3 Å². The third kappa shape index (κ3) is 4.43. The molecule has 0 radical (unpaired) electrons. The molecule has 1 aromatic carbocycles. The van der Waals surface area contributed by atoms with Crippen molar-refractivity contribution in [2.75, 3.05) is 17.2 Å². The largest absolute Gasteiger partial charge is 0.370 e. The Labute approximate surface area is 134 Å². The van der Waals surface area contributed by atoms with Gasteiger partial charge in [-0.1, -0.05) is 19.9 Å². The Bertz CT molecular complexity index is 613. The van der Waals surface area contributed by atoms with E-state index in [-0.39, 0.29) is 0 Å². The highest BCUT2D eigenvalue weighted by molar-refractivity contribution is 9.10. The number of benzene rings is 1. The van der Waals surface area contributed by atoms with E-state index in [0.29, 0.717) is 0 Å². The van der Waals surface area contributed by atoms with E-state index >= 15 is 0 Å². The number of hydrogen-bond acceptors (Lipinski definition) is 4. The van der Waals surface area contributed by atoms with Gasteiger partial charge >= 0.3 is 0 Å². The second-order valence-electron chi connectivity index (χ2n) is 4.94. The van der Waals surface area contributed by atoms with Crippen LogP contribution in [-0.4, -0.2) is 16.5 Å². The number of nitrogens with one attached hydrogen (secondary N) is 2. The third-order valence-corrected chi connectivity index (χ3v) is 3.72. The van der Waals surface area contributed by atoms with E-state index < -0.39 is 0 Å². The molecule has 0 aliphatic rings. The van der Waals surface area contributed by atoms with Gasteiger partial charge in [-0.05, 0) is 47.0 Å². The summed E-state index contributed by atoms with van der Waals surface area (Å²) in [7, 11) is 0. The molecule has 0 aliphatic heterocycles. The van der Waals surface area contributed by atoms with Crippen molar-refractivity contribution in [3.05, 3.63) is 40.1 Å². The fourth-order valence-electron chi connectivity index (χ4n) is 1.94. The predicted molar refractivity (Wildman–Crippen MR) is 92.4 cm³/mol. The molecule has 0 spiro atoms. The van der Waals surface area contributed by atoms with Gasteiger partial charge in [-0.3, -0.25) is 0 Å². The van der Waals surface area contributed by atoms with Crippen molar-refractivity contribution >= 4 is 33.3 Å². The zero-order valence-electron chi connectivity index (χ0n) is 12.7. The van der Waals surface area contributed by atoms with E-state index in [1.807, 2.05) is 12.1 Å². The molecule has 112 valence electrons. The lowest BCUT2D eigenvalue weighted by Crippen LogP contribution is -2.07. The number of nitrogens with zero attached hydrogens (tertiary/aromatic N) is 2. The second-order valence-corrected chi connectivity index (χ2v) is 5.80. The molecule has 1 aromatic heterocycles. The van der Waals surface area contributed by atoms with Gasteiger partial charge in [0.25, 0.3) is 0 Å². The number of aryl methyl sites for hydroxylation is 2. The van der Waals surface area contributed by atoms with Crippen molar-refractivity contribution in [1.82, 2.24) is 9.97 Å². The zero-order valence-corrected chi connectivity index (χ0v) is 14.3. The Morgan fingerprint density at radius 3 is 2.57 bits per heavy atom. The molecule has 0 amide bonds. The maximum Gasteiger partial charge on any atom is 0.136 e. The van der Waals surface area contributed by atoms with E-state index in [4.69, 9.17) is 0 Å². The molecule has 0 unspecified atom stereocenters. The summed E-state index contributed by atoms with van der Waals surface area (Å²) in [5.74, 6) is 2.52. The van der Waals surface area contributed by atoms with E-state index in [1.165, 1.54) is 5.56 Å². The van der Waals surface area contributed by atoms with Gasteiger partial charge in [-0.15, -0.1) is 0 Å². The lowest BCUT2D eigenvalue weighted by atomic mass is 10.2. The molecule has 5 heteroatoms. The molecule has 1 heterocycles. The first kappa shape index (κ1) is 15.8. The third-order valence-electron chi connectivity index (χ3n) is 3.03. The summed E-state index contributed by atoms with van der Waals surface area (Å²) in [6.45, 7) is 7.18. The monoisotopic (exact) mass is 348 g/mol. The minimum Gasteiger partial charge on any atom is -0.370 e. The van der Waals surface area contributed by atoms with Crippen molar-refractivity contribution in [2.45, 2.75) is 33.6 Å². The number of hydrogen-bond donors (Lipinski definition) is 2. The lowest BCUT2D eigenvalue weighted by molar-refractivity contribution is 0.919. The van der Waals surface area contributed by atoms with Crippen LogP contribution in [0.1, 0.15) is 31.7 Å². The van der Waals surface area contributed by atoms with E-state index in [9.17, 15) is 0 Å². The van der Waals surface area contributed by atoms with Crippen LogP contribution in [0.25, 0.3) is 0 Å². The highest BCUT2D eigenvalue weighted by atomic mass is 79.9. The molecular formula is C16H21BrN4. The van der Waals surface area contributed by atoms with Crippen molar-refractivity contribution in [1.29, 1.82) is 0 Å². The number of aromatic nitrogens is 2. The van der Waals surface area contributed by atoms with Gasteiger partial charge in [0.15, 0.2) is 0 Å². The van der Waals surface area contributed by atoms with Gasteiger partial charge in [-0.25, -0.2) is 9.97 Å². The second kappa shape index (κ2) is 7.41. The molecule has 2 rings (SSSR count). The van der Waals surface area contributed by atoms with Gasteiger partial charge in [0.2, 0.25) is 0 Å². The van der Waals surface area contributed by atoms with Gasteiger partial charge in [0.05, 0.1) is 5.69 Å². The van der Waals surface area contributed by atoms with E-state index in [0.717, 1.165) is 47.0 Å². The first-order valence-electron chi connectivity index (χ1n) is 7.27. The highest BCUT2D eigenvalue weighted by Gasteiger charge is 2.06. The van der Waals surface area contributed by atoms with Crippen molar-refractivity contribution in [3.8, 4) is 0 Å². The maximum absolute atomic E-state index is 4.54. The van der Waals surface area contributed by atoms with Crippen LogP contribution >= 0.6 is 15.9 Å². The zero-order chi connectivity index (χ0) is 15.2. The summed E-state index contributed by atoms with van der Waals surface area (Å²) in [5.41, 5.74) is 2.21. The van der Waals surface area contributed by atoms with Crippen LogP contribution < -0.4 is 10.6 Å². The quantitative estimate of drug-likeness (QED) is 0.795. The van der Waals surface area contributed by atoms with Gasteiger partial charge < -0.3 is 10.6 Å². The Balaban J connectivity index is 2.27. The summed E-state index contributed by atoms with van der Waals surface area (Å²) in [6, 6.07) is 8.15. The van der Waals surface area contributed by atoms with E-state index in [1.54, 1.807) is 0 Å². The predicted octanol–water partition coefficient (Wildman–Crippen LogP) is 4.68. The number of rotatable bonds is 6. The van der Waals surface area contributed by atoms with Crippen molar-refractivity contribution in [2.24, 2.45) is 0 Å². The number of halogens is 1. The van der Waals surface area contributed by atoms with Gasteiger partial charge in [0, 0.05) is 23.5 Å². The molecule has 2 N–H and O–H groups in total. The van der Waals surface area contributed by atoms with Crippen LogP contribution in [0, 0.1) is 6.92 Å². The molecule has 0 atom stereocenters. The Morgan fingerprint density at radius 1 is 1.10 bits per heavy atom. The van der Waals surface area contributed by atoms with Crippen LogP contribution in [0.15, 0.2) is 28.7 Å². The average Bonchev–Trinajstić information content (AvgIpc) is 2.48. The molecule has 0 saturated heterocycles. The molecule has 0 fully saturated rings. The Kier molecular flexibility index (Phi) is 5.56. The topological polar surface area (TPSA) is 49.8 Å². The summed E-state index contributed by atoms with van der Waals surface area (Å²) in [5, 5.41) is 6.68. The normalized spacial score (nSPS) is 10.5. The summed E-state index contributed by atoms with van der Waals surface area (Å²) in [4.78, 5) is 9.04. The minimum absolute atomic E-state index is 0.811. The Morgan fingerprint density at radius 2 is 1.86 bits per heavy atom. The molecule has 2 aromatic rings. The van der Waals surface area contributed by atoms with Crippen LogP contribution in [0.2, 0.25) is 0 Å². The molecule has 0 saturated carbocycles. The van der Waals surface area contributed by atoms with Crippen LogP contribution in [0.5, 0.6) is 0 Å². The minimum atomic E-state index is 0.811. The van der Waals surface area contributed by atoms with Gasteiger partial charge in [-0.2, -0.15) is 0 Å². The summed E-state index contributed by atoms with van der Waals surface area (Å²) < 4.78 is 1.02. The van der Waals surface area contributed by atoms with Crippen molar-refractivity contribution < 1.29 is 0 Å². The van der Waals surface area contributed by atoms with Crippen molar-refractivity contribution in [3.63, 3.8) is 0 Å². The SMILES string of the molecule is CCCNc1cc(Nc2cc(C)ccc2Br)nc(CC)n1. The smallest absolute Gasteiger partial charge is 0.136 e. The maximum atomic E-state index is 4.54. The standard InChI is InChI=1S/C16H21BrN4/c1-4-8-18-15-10-16(21-14(5-2)20-15)19-13-9-11(3)6-7-12(13)17/h6-7,9-10H,4-5,8H2,1-3H3,(H2,18,19,20,21). The summed E-state index contributed by atoms with van der Waals surface area (Å²) in [6.07, 6.45) is 1.88. The fraction of sp³-hybridized carbons (Fsp3) is 0.375. The van der Waals surface area contributed by atoms with E-state index in [2.05, 4.69) is 69.4 Å². The van der Waals surface area contributed by atoms with Crippen LogP contribution in [-0.2, 0) is 6.42 Å².